The number of aryl methyl sites for hydroxylation is 1. The largest absolute Gasteiger partial charge is 0.398 e. The summed E-state index contributed by atoms with van der Waals surface area (Å²) in [7, 11) is 0. The van der Waals surface area contributed by atoms with Gasteiger partial charge in [0.2, 0.25) is 0 Å². The molecule has 0 saturated heterocycles. The molecular formula is C11H12N2. The molecule has 2 N–H and O–H groups in total. The Morgan fingerprint density at radius 3 is 2.62 bits per heavy atom. The zero-order valence-electron chi connectivity index (χ0n) is 7.89. The van der Waals surface area contributed by atoms with Gasteiger partial charge in [-0.25, -0.2) is 0 Å². The van der Waals surface area contributed by atoms with Gasteiger partial charge >= 0.3 is 0 Å². The van der Waals surface area contributed by atoms with Crippen molar-refractivity contribution >= 4 is 11.3 Å². The number of nitrogen functional groups attached to an aromatic ring is 1. The molecule has 0 aliphatic heterocycles. The summed E-state index contributed by atoms with van der Waals surface area (Å²) < 4.78 is 0. The van der Waals surface area contributed by atoms with Crippen LogP contribution < -0.4 is 5.73 Å². The fourth-order valence-corrected chi connectivity index (χ4v) is 1.22. The molecule has 0 bridgehead atoms. The van der Waals surface area contributed by atoms with Crippen molar-refractivity contribution in [2.24, 2.45) is 0 Å². The summed E-state index contributed by atoms with van der Waals surface area (Å²) in [4.78, 5) is 0. The molecule has 0 saturated carbocycles. The van der Waals surface area contributed by atoms with E-state index in [1.165, 1.54) is 0 Å². The summed E-state index contributed by atoms with van der Waals surface area (Å²) in [6.07, 6.45) is 0. The standard InChI is InChI=1S/C11H12N2/c1-7(2)10-5-9(6-12)4-8(3)11(10)13/h4-5H,1,13H2,2-3H3. The van der Waals surface area contributed by atoms with Gasteiger partial charge in [0, 0.05) is 11.3 Å². The van der Waals surface area contributed by atoms with Crippen LogP contribution in [0.4, 0.5) is 5.69 Å². The summed E-state index contributed by atoms with van der Waals surface area (Å²) in [6, 6.07) is 5.64. The van der Waals surface area contributed by atoms with Crippen molar-refractivity contribution < 1.29 is 0 Å². The maximum absolute atomic E-state index is 8.74. The number of nitrogens with zero attached hydrogens (tertiary/aromatic N) is 1. The second-order valence-electron chi connectivity index (χ2n) is 3.15. The Labute approximate surface area is 78.3 Å². The van der Waals surface area contributed by atoms with E-state index in [4.69, 9.17) is 11.0 Å². The summed E-state index contributed by atoms with van der Waals surface area (Å²) in [5.41, 5.74) is 9.87. The first kappa shape index (κ1) is 9.34. The smallest absolute Gasteiger partial charge is 0.0991 e. The lowest BCUT2D eigenvalue weighted by Crippen LogP contribution is -1.96. The van der Waals surface area contributed by atoms with E-state index in [0.717, 1.165) is 16.7 Å². The first-order valence-electron chi connectivity index (χ1n) is 4.02. The average Bonchev–Trinajstić information content (AvgIpc) is 2.09. The highest BCUT2D eigenvalue weighted by Crippen LogP contribution is 2.24. The number of hydrogen-bond donors (Lipinski definition) is 1. The number of nitrogens with two attached hydrogens (primary N) is 1. The van der Waals surface area contributed by atoms with E-state index in [2.05, 4.69) is 12.6 Å². The minimum absolute atomic E-state index is 0.629. The van der Waals surface area contributed by atoms with Crippen molar-refractivity contribution in [2.45, 2.75) is 13.8 Å². The van der Waals surface area contributed by atoms with Gasteiger partial charge in [-0.1, -0.05) is 6.58 Å². The molecule has 0 heterocycles. The van der Waals surface area contributed by atoms with Crippen molar-refractivity contribution in [1.82, 2.24) is 0 Å². The van der Waals surface area contributed by atoms with Crippen molar-refractivity contribution in [3.8, 4) is 6.07 Å². The third-order valence-electron chi connectivity index (χ3n) is 1.98. The van der Waals surface area contributed by atoms with Gasteiger partial charge in [-0.05, 0) is 37.1 Å². The molecule has 0 radical (unpaired) electrons. The zero-order valence-corrected chi connectivity index (χ0v) is 7.89. The quantitative estimate of drug-likeness (QED) is 0.661. The zero-order chi connectivity index (χ0) is 10.0. The van der Waals surface area contributed by atoms with E-state index in [1.54, 1.807) is 12.1 Å². The maximum atomic E-state index is 8.74. The molecule has 0 spiro atoms. The van der Waals surface area contributed by atoms with Gasteiger partial charge in [-0.2, -0.15) is 5.26 Å². The SMILES string of the molecule is C=C(C)c1cc(C#N)cc(C)c1N. The van der Waals surface area contributed by atoms with Crippen LogP contribution in [0.1, 0.15) is 23.6 Å². The van der Waals surface area contributed by atoms with E-state index in [-0.39, 0.29) is 0 Å². The van der Waals surface area contributed by atoms with Gasteiger partial charge in [0.15, 0.2) is 0 Å². The molecule has 2 heteroatoms. The third kappa shape index (κ3) is 1.70. The van der Waals surface area contributed by atoms with Crippen LogP contribution in [0.5, 0.6) is 0 Å². The molecule has 13 heavy (non-hydrogen) atoms. The molecule has 1 rings (SSSR count). The van der Waals surface area contributed by atoms with Crippen molar-refractivity contribution in [3.63, 3.8) is 0 Å². The Balaban J connectivity index is 3.44. The summed E-state index contributed by atoms with van der Waals surface area (Å²) in [5, 5.41) is 8.74. The number of allylic oxidation sites excluding steroid dienone is 1. The van der Waals surface area contributed by atoms with E-state index in [0.29, 0.717) is 11.3 Å². The number of benzene rings is 1. The second-order valence-corrected chi connectivity index (χ2v) is 3.15. The average molecular weight is 172 g/mol. The first-order chi connectivity index (χ1) is 6.06. The lowest BCUT2D eigenvalue weighted by atomic mass is 10.00. The minimum Gasteiger partial charge on any atom is -0.398 e. The van der Waals surface area contributed by atoms with Gasteiger partial charge in [-0.15, -0.1) is 0 Å². The van der Waals surface area contributed by atoms with Crippen molar-refractivity contribution in [3.05, 3.63) is 35.4 Å². The number of hydrogen-bond acceptors (Lipinski definition) is 2. The molecule has 0 aliphatic rings. The fraction of sp³-hybridized carbons (Fsp3) is 0.182. The number of nitriles is 1. The van der Waals surface area contributed by atoms with E-state index < -0.39 is 0 Å². The van der Waals surface area contributed by atoms with Crippen molar-refractivity contribution in [2.75, 3.05) is 5.73 Å². The predicted molar refractivity (Wildman–Crippen MR) is 55.0 cm³/mol. The minimum atomic E-state index is 0.629. The Hall–Kier alpha value is -1.75. The van der Waals surface area contributed by atoms with Crippen LogP contribution in [0.2, 0.25) is 0 Å². The second kappa shape index (κ2) is 3.32. The molecule has 1 aromatic carbocycles. The number of anilines is 1. The molecule has 0 fully saturated rings. The van der Waals surface area contributed by atoms with Gasteiger partial charge in [0.25, 0.3) is 0 Å². The van der Waals surface area contributed by atoms with Gasteiger partial charge in [0.05, 0.1) is 11.6 Å². The molecule has 0 unspecified atom stereocenters. The van der Waals surface area contributed by atoms with Gasteiger partial charge in [-0.3, -0.25) is 0 Å². The Morgan fingerprint density at radius 1 is 1.54 bits per heavy atom. The molecule has 0 aliphatic carbocycles. The van der Waals surface area contributed by atoms with Crippen LogP contribution in [0.25, 0.3) is 5.57 Å². The van der Waals surface area contributed by atoms with Crippen LogP contribution in [0, 0.1) is 18.3 Å². The Bertz CT molecular complexity index is 397. The van der Waals surface area contributed by atoms with Crippen LogP contribution >= 0.6 is 0 Å². The lowest BCUT2D eigenvalue weighted by molar-refractivity contribution is 1.40. The number of rotatable bonds is 1. The maximum Gasteiger partial charge on any atom is 0.0991 e. The Morgan fingerprint density at radius 2 is 2.15 bits per heavy atom. The molecular weight excluding hydrogens is 160 g/mol. The molecule has 2 nitrogen and oxygen atoms in total. The fourth-order valence-electron chi connectivity index (χ4n) is 1.22. The molecule has 66 valence electrons. The van der Waals surface area contributed by atoms with E-state index in [9.17, 15) is 0 Å². The van der Waals surface area contributed by atoms with Crippen LogP contribution in [-0.4, -0.2) is 0 Å². The van der Waals surface area contributed by atoms with Crippen LogP contribution in [0.3, 0.4) is 0 Å². The van der Waals surface area contributed by atoms with Crippen LogP contribution in [0.15, 0.2) is 18.7 Å². The van der Waals surface area contributed by atoms with E-state index in [1.807, 2.05) is 13.8 Å². The monoisotopic (exact) mass is 172 g/mol. The highest BCUT2D eigenvalue weighted by atomic mass is 14.6. The normalized spacial score (nSPS) is 9.31. The van der Waals surface area contributed by atoms with E-state index >= 15 is 0 Å². The van der Waals surface area contributed by atoms with Gasteiger partial charge < -0.3 is 5.73 Å². The summed E-state index contributed by atoms with van der Waals surface area (Å²) in [5.74, 6) is 0. The predicted octanol–water partition coefficient (Wildman–Crippen LogP) is 2.48. The van der Waals surface area contributed by atoms with Crippen LogP contribution in [-0.2, 0) is 0 Å². The first-order valence-corrected chi connectivity index (χ1v) is 4.02. The topological polar surface area (TPSA) is 49.8 Å². The lowest BCUT2D eigenvalue weighted by Gasteiger charge is -2.08. The summed E-state index contributed by atoms with van der Waals surface area (Å²) in [6.45, 7) is 7.59. The molecule has 1 aromatic rings. The van der Waals surface area contributed by atoms with Gasteiger partial charge in [0.1, 0.15) is 0 Å². The third-order valence-corrected chi connectivity index (χ3v) is 1.98. The highest BCUT2D eigenvalue weighted by Gasteiger charge is 2.04. The molecule has 0 atom stereocenters. The molecule has 0 amide bonds. The Kier molecular flexibility index (Phi) is 2.39. The highest BCUT2D eigenvalue weighted by molar-refractivity contribution is 5.75. The molecule has 0 aromatic heterocycles. The summed E-state index contributed by atoms with van der Waals surface area (Å²) >= 11 is 0. The van der Waals surface area contributed by atoms with Crippen molar-refractivity contribution in [1.29, 1.82) is 5.26 Å².